The van der Waals surface area contributed by atoms with E-state index in [4.69, 9.17) is 10.2 Å². The van der Waals surface area contributed by atoms with E-state index in [1.165, 1.54) is 0 Å². The third-order valence-corrected chi connectivity index (χ3v) is 3.70. The van der Waals surface area contributed by atoms with Crippen molar-refractivity contribution in [3.05, 3.63) is 36.4 Å². The maximum absolute atomic E-state index is 9.11. The summed E-state index contributed by atoms with van der Waals surface area (Å²) in [6, 6.07) is 0.332. The molecule has 0 aliphatic heterocycles. The molecule has 0 unspecified atom stereocenters. The maximum atomic E-state index is 9.11. The monoisotopic (exact) mass is 307 g/mol. The molecule has 2 heterocycles. The number of imidazole rings is 2. The van der Waals surface area contributed by atoms with Gasteiger partial charge in [-0.25, -0.2) is 9.97 Å². The lowest BCUT2D eigenvalue weighted by atomic mass is 10.3. The van der Waals surface area contributed by atoms with Crippen molar-refractivity contribution in [2.45, 2.75) is 46.1 Å². The minimum Gasteiger partial charge on any atom is -0.395 e. The number of hydrogen-bond acceptors (Lipinski definition) is 5. The fourth-order valence-corrected chi connectivity index (χ4v) is 2.39. The zero-order valence-electron chi connectivity index (χ0n) is 13.3. The number of hydrogen-bond donors (Lipinski definition) is 2. The summed E-state index contributed by atoms with van der Waals surface area (Å²) in [4.78, 5) is 11.0. The largest absolute Gasteiger partial charge is 0.395 e. The van der Waals surface area contributed by atoms with Crippen LogP contribution in [0.1, 0.15) is 25.5 Å². The molecule has 22 heavy (non-hydrogen) atoms. The summed E-state index contributed by atoms with van der Waals surface area (Å²) < 4.78 is 3.94. The van der Waals surface area contributed by atoms with Crippen molar-refractivity contribution in [3.63, 3.8) is 0 Å². The zero-order chi connectivity index (χ0) is 15.9. The Labute approximate surface area is 130 Å². The second-order valence-corrected chi connectivity index (χ2v) is 5.52. The summed E-state index contributed by atoms with van der Waals surface area (Å²) in [6.45, 7) is 6.98. The van der Waals surface area contributed by atoms with Gasteiger partial charge in [-0.2, -0.15) is 0 Å². The lowest BCUT2D eigenvalue weighted by Gasteiger charge is -2.26. The Morgan fingerprint density at radius 2 is 1.41 bits per heavy atom. The Hall–Kier alpha value is -1.70. The van der Waals surface area contributed by atoms with Gasteiger partial charge in [0.1, 0.15) is 11.6 Å². The van der Waals surface area contributed by atoms with Crippen molar-refractivity contribution in [2.75, 3.05) is 13.2 Å². The van der Waals surface area contributed by atoms with E-state index in [9.17, 15) is 0 Å². The van der Waals surface area contributed by atoms with Crippen LogP contribution in [0.15, 0.2) is 24.8 Å². The Morgan fingerprint density at radius 1 is 0.955 bits per heavy atom. The predicted octanol–water partition coefficient (Wildman–Crippen LogP) is 0.475. The highest BCUT2D eigenvalue weighted by Gasteiger charge is 2.16. The van der Waals surface area contributed by atoms with Gasteiger partial charge in [0.05, 0.1) is 26.3 Å². The van der Waals surface area contributed by atoms with Crippen LogP contribution in [0.5, 0.6) is 0 Å². The quantitative estimate of drug-likeness (QED) is 0.704. The van der Waals surface area contributed by atoms with Gasteiger partial charge in [0.15, 0.2) is 0 Å². The SMILES string of the molecule is CC(C)N(Cc1nccn1CCO)Cc1nccn1CCO. The van der Waals surface area contributed by atoms with E-state index in [0.717, 1.165) is 11.6 Å². The third kappa shape index (κ3) is 4.16. The smallest absolute Gasteiger partial charge is 0.122 e. The lowest BCUT2D eigenvalue weighted by Crippen LogP contribution is -2.32. The summed E-state index contributed by atoms with van der Waals surface area (Å²) in [5.41, 5.74) is 0. The van der Waals surface area contributed by atoms with Gasteiger partial charge in [-0.15, -0.1) is 0 Å². The van der Waals surface area contributed by atoms with Crippen LogP contribution < -0.4 is 0 Å². The van der Waals surface area contributed by atoms with Crippen molar-refractivity contribution in [1.29, 1.82) is 0 Å². The average molecular weight is 307 g/mol. The van der Waals surface area contributed by atoms with Gasteiger partial charge in [-0.1, -0.05) is 0 Å². The van der Waals surface area contributed by atoms with E-state index in [-0.39, 0.29) is 13.2 Å². The van der Waals surface area contributed by atoms with Crippen molar-refractivity contribution < 1.29 is 10.2 Å². The molecule has 0 amide bonds. The van der Waals surface area contributed by atoms with Crippen LogP contribution in [0, 0.1) is 0 Å². The predicted molar refractivity (Wildman–Crippen MR) is 83.0 cm³/mol. The summed E-state index contributed by atoms with van der Waals surface area (Å²) in [7, 11) is 0. The van der Waals surface area contributed by atoms with Crippen LogP contribution >= 0.6 is 0 Å². The Kier molecular flexibility index (Phi) is 6.11. The minimum atomic E-state index is 0.103. The molecular weight excluding hydrogens is 282 g/mol. The molecule has 7 nitrogen and oxygen atoms in total. The van der Waals surface area contributed by atoms with Gasteiger partial charge < -0.3 is 19.3 Å². The van der Waals surface area contributed by atoms with E-state index < -0.39 is 0 Å². The standard InChI is InChI=1S/C15H25N5O2/c1-13(2)20(11-14-16-3-5-18(14)7-9-21)12-15-17-4-6-19(15)8-10-22/h3-6,13,21-22H,7-12H2,1-2H3. The van der Waals surface area contributed by atoms with Gasteiger partial charge in [0, 0.05) is 43.9 Å². The fourth-order valence-electron chi connectivity index (χ4n) is 2.39. The molecule has 0 aliphatic carbocycles. The highest BCUT2D eigenvalue weighted by atomic mass is 16.3. The third-order valence-electron chi connectivity index (χ3n) is 3.70. The number of aliphatic hydroxyl groups excluding tert-OH is 2. The number of aromatic nitrogens is 4. The van der Waals surface area contributed by atoms with Crippen molar-refractivity contribution in [3.8, 4) is 0 Å². The van der Waals surface area contributed by atoms with Crippen molar-refractivity contribution in [1.82, 2.24) is 24.0 Å². The molecule has 0 bridgehead atoms. The summed E-state index contributed by atoms with van der Waals surface area (Å²) in [5, 5.41) is 18.2. The minimum absolute atomic E-state index is 0.103. The van der Waals surface area contributed by atoms with Crippen LogP contribution in [0.2, 0.25) is 0 Å². The molecular formula is C15H25N5O2. The van der Waals surface area contributed by atoms with Crippen LogP contribution in [0.3, 0.4) is 0 Å². The van der Waals surface area contributed by atoms with Gasteiger partial charge in [0.25, 0.3) is 0 Å². The Balaban J connectivity index is 2.09. The molecule has 0 spiro atoms. The molecule has 0 saturated carbocycles. The molecule has 0 aliphatic rings. The molecule has 0 radical (unpaired) electrons. The van der Waals surface area contributed by atoms with Crippen molar-refractivity contribution in [2.24, 2.45) is 0 Å². The second-order valence-electron chi connectivity index (χ2n) is 5.52. The molecule has 2 N–H and O–H groups in total. The number of rotatable bonds is 9. The summed E-state index contributed by atoms with van der Waals surface area (Å²) in [6.07, 6.45) is 7.29. The first-order chi connectivity index (χ1) is 10.7. The normalized spacial score (nSPS) is 11.7. The summed E-state index contributed by atoms with van der Waals surface area (Å²) >= 11 is 0. The van der Waals surface area contributed by atoms with Crippen LogP contribution in [0.4, 0.5) is 0 Å². The Bertz CT molecular complexity index is 518. The van der Waals surface area contributed by atoms with Gasteiger partial charge in [-0.05, 0) is 13.8 Å². The molecule has 122 valence electrons. The van der Waals surface area contributed by atoms with Crippen molar-refractivity contribution >= 4 is 0 Å². The van der Waals surface area contributed by atoms with E-state index in [1.807, 2.05) is 21.5 Å². The van der Waals surface area contributed by atoms with Crippen LogP contribution in [-0.2, 0) is 26.2 Å². The molecule has 2 rings (SSSR count). The topological polar surface area (TPSA) is 79.3 Å². The molecule has 0 aromatic carbocycles. The van der Waals surface area contributed by atoms with E-state index >= 15 is 0 Å². The highest BCUT2D eigenvalue weighted by molar-refractivity contribution is 4.96. The maximum Gasteiger partial charge on any atom is 0.122 e. The molecule has 0 fully saturated rings. The average Bonchev–Trinajstić information content (AvgIpc) is 3.09. The first-order valence-electron chi connectivity index (χ1n) is 7.61. The van der Waals surface area contributed by atoms with Gasteiger partial charge in [0.2, 0.25) is 0 Å². The fraction of sp³-hybridized carbons (Fsp3) is 0.600. The molecule has 2 aromatic rings. The number of aliphatic hydroxyl groups is 2. The van der Waals surface area contributed by atoms with Crippen LogP contribution in [0.25, 0.3) is 0 Å². The molecule has 2 aromatic heterocycles. The molecule has 0 saturated heterocycles. The first-order valence-corrected chi connectivity index (χ1v) is 7.61. The number of nitrogens with zero attached hydrogens (tertiary/aromatic N) is 5. The van der Waals surface area contributed by atoms with Gasteiger partial charge >= 0.3 is 0 Å². The molecule has 7 heteroatoms. The van der Waals surface area contributed by atoms with Gasteiger partial charge in [-0.3, -0.25) is 4.90 Å². The molecule has 0 atom stereocenters. The van der Waals surface area contributed by atoms with E-state index in [0.29, 0.717) is 32.2 Å². The highest BCUT2D eigenvalue weighted by Crippen LogP contribution is 2.12. The Morgan fingerprint density at radius 3 is 1.77 bits per heavy atom. The van der Waals surface area contributed by atoms with E-state index in [2.05, 4.69) is 28.7 Å². The second kappa shape index (κ2) is 8.07. The van der Waals surface area contributed by atoms with E-state index in [1.54, 1.807) is 12.4 Å². The lowest BCUT2D eigenvalue weighted by molar-refractivity contribution is 0.184. The zero-order valence-corrected chi connectivity index (χ0v) is 13.3. The summed E-state index contributed by atoms with van der Waals surface area (Å²) in [5.74, 6) is 1.87. The first kappa shape index (κ1) is 16.7. The van der Waals surface area contributed by atoms with Crippen LogP contribution in [-0.4, -0.2) is 53.5 Å².